The molecule has 290 valence electrons. The average Bonchev–Trinajstić information content (AvgIpc) is 3.80. The number of pyridine rings is 2. The predicted molar refractivity (Wildman–Crippen MR) is 209 cm³/mol. The molecule has 10 heteroatoms. The van der Waals surface area contributed by atoms with Crippen molar-refractivity contribution in [2.24, 2.45) is 0 Å². The smallest absolute Gasteiger partial charge is 0.269 e. The first-order chi connectivity index (χ1) is 26.8. The zero-order valence-corrected chi connectivity index (χ0v) is 31.4. The van der Waals surface area contributed by atoms with E-state index in [1.54, 1.807) is 24.3 Å². The fourth-order valence-electron chi connectivity index (χ4n) is 7.31. The third kappa shape index (κ3) is 8.65. The average molecular weight is 769 g/mol. The molecule has 4 aromatic heterocycles. The summed E-state index contributed by atoms with van der Waals surface area (Å²) in [5, 5.41) is 0.645. The van der Waals surface area contributed by atoms with Gasteiger partial charge in [-0.05, 0) is 121 Å². The van der Waals surface area contributed by atoms with Gasteiger partial charge in [-0.25, -0.2) is 0 Å². The molecule has 4 nitrogen and oxygen atoms in total. The molecule has 0 unspecified atom stereocenters. The van der Waals surface area contributed by atoms with Crippen LogP contribution in [0, 0.1) is 23.7 Å². The number of hydrogen-bond acceptors (Lipinski definition) is 2. The molecular formula is C46H42F6N2O2. The van der Waals surface area contributed by atoms with E-state index in [0.29, 0.717) is 68.3 Å². The van der Waals surface area contributed by atoms with E-state index in [2.05, 4.69) is 37.5 Å². The van der Waals surface area contributed by atoms with E-state index in [0.717, 1.165) is 88.5 Å². The van der Waals surface area contributed by atoms with Gasteiger partial charge < -0.3 is 0 Å². The second kappa shape index (κ2) is 17.1. The van der Waals surface area contributed by atoms with E-state index in [4.69, 9.17) is 0 Å². The molecule has 6 rings (SSSR count). The Kier molecular flexibility index (Phi) is 12.3. The minimum absolute atomic E-state index is 0.322. The Bertz CT molecular complexity index is 2390. The topological polar surface area (TPSA) is 43.0 Å². The number of benzene rings is 2. The summed E-state index contributed by atoms with van der Waals surface area (Å²) in [6.07, 6.45) is 1.80. The highest BCUT2D eigenvalue weighted by Gasteiger charge is 2.31. The summed E-state index contributed by atoms with van der Waals surface area (Å²) < 4.78 is 82.1. The largest absolute Gasteiger partial charge is 0.416 e. The summed E-state index contributed by atoms with van der Waals surface area (Å²) in [5.41, 5.74) is 1.59. The van der Waals surface area contributed by atoms with Crippen molar-refractivity contribution in [3.63, 3.8) is 0 Å². The maximum atomic E-state index is 14.8. The highest BCUT2D eigenvalue weighted by atomic mass is 19.4. The quantitative estimate of drug-likeness (QED) is 0.0707. The number of rotatable bonds is 12. The lowest BCUT2D eigenvalue weighted by Gasteiger charge is -2.15. The van der Waals surface area contributed by atoms with Crippen LogP contribution >= 0.6 is 0 Å². The Morgan fingerprint density at radius 1 is 0.464 bits per heavy atom. The third-order valence-electron chi connectivity index (χ3n) is 10.2. The molecule has 0 fully saturated rings. The highest BCUT2D eigenvalue weighted by Crippen LogP contribution is 2.31. The summed E-state index contributed by atoms with van der Waals surface area (Å²) in [5.74, 6) is 11.9. The fourth-order valence-corrected chi connectivity index (χ4v) is 7.31. The van der Waals surface area contributed by atoms with Gasteiger partial charge in [-0.3, -0.25) is 18.4 Å². The third-order valence-corrected chi connectivity index (χ3v) is 10.2. The lowest BCUT2D eigenvalue weighted by molar-refractivity contribution is -0.138. The molecule has 6 aromatic rings. The Morgan fingerprint density at radius 2 is 0.821 bits per heavy atom. The Hall–Kier alpha value is -5.48. The summed E-state index contributed by atoms with van der Waals surface area (Å²) in [6.45, 7) is 4.26. The number of unbranched alkanes of at least 4 members (excludes halogenated alkanes) is 8. The predicted octanol–water partition coefficient (Wildman–Crippen LogP) is 11.4. The van der Waals surface area contributed by atoms with Crippen molar-refractivity contribution in [2.45, 2.75) is 103 Å². The molecule has 56 heavy (non-hydrogen) atoms. The van der Waals surface area contributed by atoms with E-state index < -0.39 is 34.6 Å². The first-order valence-corrected chi connectivity index (χ1v) is 19.2. The van der Waals surface area contributed by atoms with Crippen molar-refractivity contribution >= 4 is 21.8 Å². The molecule has 0 bridgehead atoms. The molecule has 0 saturated carbocycles. The van der Waals surface area contributed by atoms with Crippen LogP contribution in [-0.2, 0) is 25.2 Å². The molecular weight excluding hydrogens is 727 g/mol. The van der Waals surface area contributed by atoms with Crippen LogP contribution in [0.15, 0.2) is 82.4 Å². The molecule has 0 N–H and O–H groups in total. The number of nitrogens with zero attached hydrogens (tertiary/aromatic N) is 2. The lowest BCUT2D eigenvalue weighted by atomic mass is 9.95. The van der Waals surface area contributed by atoms with Crippen LogP contribution in [0.2, 0.25) is 0 Å². The number of fused-ring (bicyclic) bond motifs is 3. The summed E-state index contributed by atoms with van der Waals surface area (Å²) in [4.78, 5) is 29.6. The van der Waals surface area contributed by atoms with Crippen LogP contribution in [0.4, 0.5) is 26.3 Å². The van der Waals surface area contributed by atoms with Gasteiger partial charge >= 0.3 is 12.4 Å². The van der Waals surface area contributed by atoms with Crippen LogP contribution in [0.5, 0.6) is 0 Å². The molecule has 0 aliphatic rings. The van der Waals surface area contributed by atoms with Crippen LogP contribution < -0.4 is 11.1 Å². The zero-order chi connectivity index (χ0) is 40.0. The van der Waals surface area contributed by atoms with Crippen molar-refractivity contribution in [1.82, 2.24) is 8.80 Å². The van der Waals surface area contributed by atoms with Gasteiger partial charge in [0.15, 0.2) is 0 Å². The van der Waals surface area contributed by atoms with Crippen LogP contribution in [-0.4, -0.2) is 8.80 Å². The monoisotopic (exact) mass is 768 g/mol. The van der Waals surface area contributed by atoms with Crippen molar-refractivity contribution in [1.29, 1.82) is 0 Å². The fraction of sp³-hybridized carbons (Fsp3) is 0.348. The molecule has 0 aliphatic heterocycles. The van der Waals surface area contributed by atoms with Gasteiger partial charge in [0.05, 0.1) is 32.9 Å². The van der Waals surface area contributed by atoms with Gasteiger partial charge in [-0.1, -0.05) is 77.1 Å². The van der Waals surface area contributed by atoms with E-state index in [-0.39, 0.29) is 0 Å². The molecule has 0 atom stereocenters. The number of hydrogen-bond donors (Lipinski definition) is 0. The summed E-state index contributed by atoms with van der Waals surface area (Å²) in [7, 11) is 0. The molecule has 0 saturated heterocycles. The Balaban J connectivity index is 1.56. The molecule has 2 aromatic carbocycles. The van der Waals surface area contributed by atoms with Gasteiger partial charge in [0, 0.05) is 11.1 Å². The first-order valence-electron chi connectivity index (χ1n) is 19.2. The molecule has 4 heterocycles. The number of alkyl halides is 6. The minimum Gasteiger partial charge on any atom is -0.269 e. The van der Waals surface area contributed by atoms with Gasteiger partial charge in [-0.2, -0.15) is 26.3 Å². The van der Waals surface area contributed by atoms with Crippen molar-refractivity contribution in [3.8, 4) is 23.7 Å². The first kappa shape index (κ1) is 40.2. The molecule has 0 radical (unpaired) electrons. The maximum absolute atomic E-state index is 14.8. The zero-order valence-electron chi connectivity index (χ0n) is 31.4. The van der Waals surface area contributed by atoms with Crippen LogP contribution in [0.3, 0.4) is 0 Å². The maximum Gasteiger partial charge on any atom is 0.416 e. The summed E-state index contributed by atoms with van der Waals surface area (Å²) in [6, 6.07) is 16.0. The van der Waals surface area contributed by atoms with E-state index >= 15 is 0 Å². The SMILES string of the molecule is CCCCCCCc1c2c(=O)n3c(C#Cc4ccc(C(F)(F)F)cc4)ccc3c(CCCCCCC)c2c(=O)n2c(C#Cc3ccc(C(F)(F)F)cc3)ccc12. The highest BCUT2D eigenvalue weighted by molar-refractivity contribution is 5.96. The molecule has 0 amide bonds. The lowest BCUT2D eigenvalue weighted by Crippen LogP contribution is -2.25. The summed E-state index contributed by atoms with van der Waals surface area (Å²) >= 11 is 0. The number of aryl methyl sites for hydroxylation is 2. The van der Waals surface area contributed by atoms with Crippen molar-refractivity contribution in [2.75, 3.05) is 0 Å². The number of aromatic nitrogens is 2. The van der Waals surface area contributed by atoms with Crippen LogP contribution in [0.25, 0.3) is 21.8 Å². The Morgan fingerprint density at radius 3 is 1.16 bits per heavy atom. The van der Waals surface area contributed by atoms with Crippen molar-refractivity contribution in [3.05, 3.63) is 138 Å². The van der Waals surface area contributed by atoms with Crippen molar-refractivity contribution < 1.29 is 26.3 Å². The van der Waals surface area contributed by atoms with Gasteiger partial charge in [-0.15, -0.1) is 0 Å². The van der Waals surface area contributed by atoms with E-state index in [1.165, 1.54) is 33.1 Å². The van der Waals surface area contributed by atoms with Gasteiger partial charge in [0.25, 0.3) is 11.1 Å². The van der Waals surface area contributed by atoms with Gasteiger partial charge in [0.1, 0.15) is 11.4 Å². The van der Waals surface area contributed by atoms with E-state index in [1.807, 2.05) is 0 Å². The Labute approximate surface area is 321 Å². The van der Waals surface area contributed by atoms with Gasteiger partial charge in [0.2, 0.25) is 0 Å². The second-order valence-electron chi connectivity index (χ2n) is 14.2. The normalized spacial score (nSPS) is 11.9. The van der Waals surface area contributed by atoms with E-state index in [9.17, 15) is 35.9 Å². The second-order valence-corrected chi connectivity index (χ2v) is 14.2. The number of halogens is 6. The minimum atomic E-state index is -4.48. The standard InChI is InChI=1S/C46H42F6N2O2/c1-3-5-7-9-11-13-37-39-29-27-35(25-19-31-15-21-33(22-16-31)45(47,48)49)53(39)44(56)42-38(14-12-10-8-6-4-2)40-30-28-36(54(40)43(55)41(37)42)26-20-32-17-23-34(24-18-32)46(50,51)52/h15-18,21-24,27-30H,3-14H2,1-2H3. The molecule has 0 aliphatic carbocycles. The molecule has 0 spiro atoms. The van der Waals surface area contributed by atoms with Crippen LogP contribution in [0.1, 0.15) is 123 Å².